The number of halogens is 1. The van der Waals surface area contributed by atoms with Gasteiger partial charge in [-0.15, -0.1) is 11.6 Å². The van der Waals surface area contributed by atoms with Crippen LogP contribution in [-0.2, 0) is 4.79 Å². The van der Waals surface area contributed by atoms with Crippen LogP contribution in [0.2, 0.25) is 0 Å². The van der Waals surface area contributed by atoms with E-state index in [4.69, 9.17) is 11.6 Å². The Hall–Kier alpha value is -0.240. The molecule has 1 saturated carbocycles. The Bertz CT molecular complexity index is 141. The Labute approximate surface area is 72.3 Å². The first kappa shape index (κ1) is 8.85. The molecular weight excluding hydrogens is 162 g/mol. The molecule has 1 N–H and O–H groups in total. The first-order valence-corrected chi connectivity index (χ1v) is 4.53. The molecule has 3 heteroatoms. The molecule has 0 atom stereocenters. The maximum absolute atomic E-state index is 10.6. The number of hydrogen-bond donors (Lipinski definition) is 1. The quantitative estimate of drug-likeness (QED) is 0.604. The Morgan fingerprint density at radius 3 is 2.36 bits per heavy atom. The van der Waals surface area contributed by atoms with Crippen molar-refractivity contribution < 1.29 is 4.79 Å². The minimum Gasteiger partial charge on any atom is -0.354 e. The van der Waals surface area contributed by atoms with Gasteiger partial charge in [-0.1, -0.05) is 0 Å². The number of carbonyl (C=O) groups is 1. The van der Waals surface area contributed by atoms with E-state index in [1.165, 1.54) is 0 Å². The third kappa shape index (κ3) is 3.10. The van der Waals surface area contributed by atoms with Crippen LogP contribution >= 0.6 is 11.6 Å². The van der Waals surface area contributed by atoms with E-state index < -0.39 is 0 Å². The highest BCUT2D eigenvalue weighted by Crippen LogP contribution is 2.22. The first-order chi connectivity index (χ1) is 5.18. The summed E-state index contributed by atoms with van der Waals surface area (Å²) in [7, 11) is 0. The van der Waals surface area contributed by atoms with Crippen molar-refractivity contribution in [1.82, 2.24) is 5.32 Å². The predicted octanol–water partition coefficient (Wildman–Crippen LogP) is 1.67. The monoisotopic (exact) mass is 175 g/mol. The number of rotatable bonds is 1. The van der Waals surface area contributed by atoms with Gasteiger partial charge in [-0.25, -0.2) is 0 Å². The zero-order valence-electron chi connectivity index (χ0n) is 6.77. The molecule has 1 amide bonds. The van der Waals surface area contributed by atoms with Crippen molar-refractivity contribution in [3.8, 4) is 0 Å². The lowest BCUT2D eigenvalue weighted by molar-refractivity contribution is -0.119. The predicted molar refractivity (Wildman–Crippen MR) is 45.7 cm³/mol. The van der Waals surface area contributed by atoms with E-state index in [1.807, 2.05) is 0 Å². The molecule has 2 nitrogen and oxygen atoms in total. The summed E-state index contributed by atoms with van der Waals surface area (Å²) in [5, 5.41) is 3.24. The molecule has 0 aromatic heterocycles. The van der Waals surface area contributed by atoms with Gasteiger partial charge < -0.3 is 5.32 Å². The van der Waals surface area contributed by atoms with Crippen LogP contribution in [0, 0.1) is 0 Å². The summed E-state index contributed by atoms with van der Waals surface area (Å²) in [5.41, 5.74) is 0. The van der Waals surface area contributed by atoms with Crippen LogP contribution < -0.4 is 5.32 Å². The second-order valence-electron chi connectivity index (χ2n) is 3.15. The number of hydrogen-bond acceptors (Lipinski definition) is 1. The Kier molecular flexibility index (Phi) is 3.18. The van der Waals surface area contributed by atoms with Crippen molar-refractivity contribution in [1.29, 1.82) is 0 Å². The average molecular weight is 176 g/mol. The molecule has 0 aliphatic heterocycles. The largest absolute Gasteiger partial charge is 0.354 e. The van der Waals surface area contributed by atoms with Gasteiger partial charge in [0, 0.05) is 18.3 Å². The molecule has 1 rings (SSSR count). The van der Waals surface area contributed by atoms with Crippen molar-refractivity contribution in [3.63, 3.8) is 0 Å². The molecule has 0 radical (unpaired) electrons. The third-order valence-corrected chi connectivity index (χ3v) is 2.50. The smallest absolute Gasteiger partial charge is 0.217 e. The Balaban J connectivity index is 2.22. The van der Waals surface area contributed by atoms with Crippen molar-refractivity contribution in [3.05, 3.63) is 0 Å². The molecule has 1 fully saturated rings. The van der Waals surface area contributed by atoms with Crippen LogP contribution in [0.15, 0.2) is 0 Å². The molecule has 0 aromatic carbocycles. The molecular formula is C8H14ClNO. The topological polar surface area (TPSA) is 29.1 Å². The lowest BCUT2D eigenvalue weighted by Gasteiger charge is -2.25. The van der Waals surface area contributed by atoms with Crippen LogP contribution in [-0.4, -0.2) is 17.3 Å². The summed E-state index contributed by atoms with van der Waals surface area (Å²) in [5.74, 6) is 0.0722. The molecule has 64 valence electrons. The maximum atomic E-state index is 10.6. The van der Waals surface area contributed by atoms with E-state index in [0.717, 1.165) is 25.7 Å². The zero-order valence-corrected chi connectivity index (χ0v) is 7.53. The lowest BCUT2D eigenvalue weighted by Crippen LogP contribution is -2.36. The van der Waals surface area contributed by atoms with Crippen molar-refractivity contribution in [2.45, 2.75) is 44.0 Å². The van der Waals surface area contributed by atoms with E-state index in [-0.39, 0.29) is 5.91 Å². The number of carbonyl (C=O) groups excluding carboxylic acids is 1. The fourth-order valence-electron chi connectivity index (χ4n) is 1.48. The maximum Gasteiger partial charge on any atom is 0.217 e. The molecule has 0 saturated heterocycles. The highest BCUT2D eigenvalue weighted by molar-refractivity contribution is 6.20. The molecule has 0 unspecified atom stereocenters. The minimum absolute atomic E-state index is 0.0722. The molecule has 0 bridgehead atoms. The highest BCUT2D eigenvalue weighted by atomic mass is 35.5. The molecule has 0 heterocycles. The van der Waals surface area contributed by atoms with Crippen LogP contribution in [0.4, 0.5) is 0 Å². The summed E-state index contributed by atoms with van der Waals surface area (Å²) in [6.45, 7) is 1.56. The fraction of sp³-hybridized carbons (Fsp3) is 0.875. The number of amides is 1. The summed E-state index contributed by atoms with van der Waals surface area (Å²) >= 11 is 5.91. The summed E-state index contributed by atoms with van der Waals surface area (Å²) in [6, 6.07) is 0.377. The standard InChI is InChI=1S/C8H14ClNO/c1-6(11)10-8-4-2-7(9)3-5-8/h7-8H,2-5H2,1H3,(H,10,11). The van der Waals surface area contributed by atoms with Crippen LogP contribution in [0.1, 0.15) is 32.6 Å². The van der Waals surface area contributed by atoms with E-state index in [2.05, 4.69) is 5.32 Å². The van der Waals surface area contributed by atoms with Gasteiger partial charge in [0.15, 0.2) is 0 Å². The molecule has 1 aliphatic rings. The van der Waals surface area contributed by atoms with Crippen LogP contribution in [0.5, 0.6) is 0 Å². The van der Waals surface area contributed by atoms with E-state index >= 15 is 0 Å². The van der Waals surface area contributed by atoms with Gasteiger partial charge in [0.2, 0.25) is 5.91 Å². The summed E-state index contributed by atoms with van der Waals surface area (Å²) < 4.78 is 0. The van der Waals surface area contributed by atoms with Crippen LogP contribution in [0.3, 0.4) is 0 Å². The van der Waals surface area contributed by atoms with Gasteiger partial charge in [0.05, 0.1) is 0 Å². The molecule has 0 aromatic rings. The fourth-order valence-corrected chi connectivity index (χ4v) is 1.74. The van der Waals surface area contributed by atoms with Gasteiger partial charge >= 0.3 is 0 Å². The van der Waals surface area contributed by atoms with Crippen molar-refractivity contribution in [2.24, 2.45) is 0 Å². The Morgan fingerprint density at radius 2 is 1.91 bits per heavy atom. The third-order valence-electron chi connectivity index (χ3n) is 2.06. The van der Waals surface area contributed by atoms with E-state index in [9.17, 15) is 4.79 Å². The average Bonchev–Trinajstić information content (AvgIpc) is 1.93. The van der Waals surface area contributed by atoms with Gasteiger partial charge in [0.25, 0.3) is 0 Å². The van der Waals surface area contributed by atoms with Crippen molar-refractivity contribution >= 4 is 17.5 Å². The first-order valence-electron chi connectivity index (χ1n) is 4.09. The highest BCUT2D eigenvalue weighted by Gasteiger charge is 2.19. The van der Waals surface area contributed by atoms with Crippen LogP contribution in [0.25, 0.3) is 0 Å². The summed E-state index contributed by atoms with van der Waals surface area (Å²) in [4.78, 5) is 10.6. The van der Waals surface area contributed by atoms with Crippen molar-refractivity contribution in [2.75, 3.05) is 0 Å². The molecule has 11 heavy (non-hydrogen) atoms. The van der Waals surface area contributed by atoms with Gasteiger partial charge in [-0.05, 0) is 25.7 Å². The van der Waals surface area contributed by atoms with Gasteiger partial charge in [-0.2, -0.15) is 0 Å². The van der Waals surface area contributed by atoms with E-state index in [1.54, 1.807) is 6.92 Å². The molecule has 0 spiro atoms. The van der Waals surface area contributed by atoms with Gasteiger partial charge in [-0.3, -0.25) is 4.79 Å². The SMILES string of the molecule is CC(=O)NC1CCC(Cl)CC1. The summed E-state index contributed by atoms with van der Waals surface area (Å²) in [6.07, 6.45) is 4.14. The second kappa shape index (κ2) is 3.96. The molecule has 1 aliphatic carbocycles. The lowest BCUT2D eigenvalue weighted by atomic mass is 9.95. The number of nitrogens with one attached hydrogen (secondary N) is 1. The second-order valence-corrected chi connectivity index (χ2v) is 3.77. The normalized spacial score (nSPS) is 31.5. The Morgan fingerprint density at radius 1 is 1.36 bits per heavy atom. The van der Waals surface area contributed by atoms with Gasteiger partial charge in [0.1, 0.15) is 0 Å². The number of alkyl halides is 1. The minimum atomic E-state index is 0.0722. The zero-order chi connectivity index (χ0) is 8.27. The van der Waals surface area contributed by atoms with E-state index in [0.29, 0.717) is 11.4 Å².